The molecule has 2 amide bonds. The highest BCUT2D eigenvalue weighted by Gasteiger charge is 2.32. The lowest BCUT2D eigenvalue weighted by Crippen LogP contribution is -2.31. The van der Waals surface area contributed by atoms with Crippen molar-refractivity contribution in [1.82, 2.24) is 0 Å². The number of halogens is 3. The number of alkyl halides is 3. The number of rotatable bonds is 6. The molecular weight excluding hydrogens is 491 g/mol. The Kier molecular flexibility index (Phi) is 7.44. The molecule has 184 valence electrons. The average Bonchev–Trinajstić information content (AvgIpc) is 3.13. The molecule has 0 bridgehead atoms. The van der Waals surface area contributed by atoms with Crippen LogP contribution < -0.4 is 15.0 Å². The molecule has 4 rings (SSSR count). The highest BCUT2D eigenvalue weighted by molar-refractivity contribution is 8.14. The standard InChI is InChI=1S/C26H20F3N3O3S/c1-17-6-5-7-18(14-17)15-22-24(34)32(20-8-3-2-4-9-20)25(31-22)36-16-23(33)30-19-10-12-21(13-11-19)35-26(27,28)29/h2-15H,16H2,1H3,(H,30,33). The van der Waals surface area contributed by atoms with E-state index in [1.54, 1.807) is 30.3 Å². The van der Waals surface area contributed by atoms with Crippen LogP contribution in [0.3, 0.4) is 0 Å². The molecule has 10 heteroatoms. The van der Waals surface area contributed by atoms with Gasteiger partial charge < -0.3 is 10.1 Å². The van der Waals surface area contributed by atoms with Gasteiger partial charge in [0, 0.05) is 5.69 Å². The van der Waals surface area contributed by atoms with Gasteiger partial charge in [-0.2, -0.15) is 0 Å². The third-order valence-corrected chi connectivity index (χ3v) is 5.83. The van der Waals surface area contributed by atoms with Crippen LogP contribution in [0.25, 0.3) is 6.08 Å². The summed E-state index contributed by atoms with van der Waals surface area (Å²) >= 11 is 1.08. The fourth-order valence-electron chi connectivity index (χ4n) is 3.38. The SMILES string of the molecule is Cc1cccc(C=C2N=C(SCC(=O)Nc3ccc(OC(F)(F)F)cc3)N(c3ccccc3)C2=O)c1. The maximum Gasteiger partial charge on any atom is 0.573 e. The van der Waals surface area contributed by atoms with Crippen molar-refractivity contribution >= 4 is 46.2 Å². The smallest absolute Gasteiger partial charge is 0.406 e. The molecule has 0 unspecified atom stereocenters. The predicted octanol–water partition coefficient (Wildman–Crippen LogP) is 6.01. The Balaban J connectivity index is 1.48. The van der Waals surface area contributed by atoms with E-state index in [0.29, 0.717) is 16.5 Å². The van der Waals surface area contributed by atoms with Crippen molar-refractivity contribution in [2.45, 2.75) is 13.3 Å². The molecule has 1 aliphatic rings. The van der Waals surface area contributed by atoms with Crippen molar-refractivity contribution in [2.24, 2.45) is 4.99 Å². The van der Waals surface area contributed by atoms with Crippen LogP contribution in [-0.4, -0.2) is 29.1 Å². The molecule has 6 nitrogen and oxygen atoms in total. The number of amides is 2. The van der Waals surface area contributed by atoms with E-state index in [1.807, 2.05) is 37.3 Å². The van der Waals surface area contributed by atoms with Crippen molar-refractivity contribution in [3.63, 3.8) is 0 Å². The fourth-order valence-corrected chi connectivity index (χ4v) is 4.20. The second-order valence-corrected chi connectivity index (χ2v) is 8.67. The molecule has 3 aromatic rings. The van der Waals surface area contributed by atoms with Crippen molar-refractivity contribution in [3.05, 3.63) is 95.7 Å². The van der Waals surface area contributed by atoms with E-state index >= 15 is 0 Å². The second-order valence-electron chi connectivity index (χ2n) is 7.72. The van der Waals surface area contributed by atoms with Gasteiger partial charge in [-0.05, 0) is 55.0 Å². The Morgan fingerprint density at radius 1 is 1.06 bits per heavy atom. The fraction of sp³-hybridized carbons (Fsp3) is 0.115. The number of carbonyl (C=O) groups is 2. The van der Waals surface area contributed by atoms with Crippen LogP contribution in [0.1, 0.15) is 11.1 Å². The molecule has 0 saturated carbocycles. The molecular formula is C26H20F3N3O3S. The molecule has 0 fully saturated rings. The molecule has 3 aromatic carbocycles. The summed E-state index contributed by atoms with van der Waals surface area (Å²) in [7, 11) is 0. The molecule has 0 atom stereocenters. The zero-order valence-electron chi connectivity index (χ0n) is 19.0. The number of hydrogen-bond donors (Lipinski definition) is 1. The molecule has 0 aromatic heterocycles. The summed E-state index contributed by atoms with van der Waals surface area (Å²) in [5.74, 6) is -1.19. The van der Waals surface area contributed by atoms with Gasteiger partial charge in [0.15, 0.2) is 5.17 Å². The topological polar surface area (TPSA) is 71.0 Å². The molecule has 1 N–H and O–H groups in total. The van der Waals surface area contributed by atoms with E-state index in [2.05, 4.69) is 15.0 Å². The van der Waals surface area contributed by atoms with Gasteiger partial charge in [0.2, 0.25) is 5.91 Å². The van der Waals surface area contributed by atoms with Crippen LogP contribution in [-0.2, 0) is 9.59 Å². The van der Waals surface area contributed by atoms with E-state index in [1.165, 1.54) is 17.0 Å². The number of nitrogens with one attached hydrogen (secondary N) is 1. The molecule has 0 aliphatic carbocycles. The lowest BCUT2D eigenvalue weighted by Gasteiger charge is -2.17. The van der Waals surface area contributed by atoms with E-state index in [9.17, 15) is 22.8 Å². The van der Waals surface area contributed by atoms with Gasteiger partial charge in [0.1, 0.15) is 11.4 Å². The first-order valence-electron chi connectivity index (χ1n) is 10.7. The van der Waals surface area contributed by atoms with Crippen LogP contribution in [0.5, 0.6) is 5.75 Å². The van der Waals surface area contributed by atoms with Gasteiger partial charge in [-0.1, -0.05) is 59.8 Å². The Bertz CT molecular complexity index is 1320. The van der Waals surface area contributed by atoms with E-state index in [4.69, 9.17) is 0 Å². The van der Waals surface area contributed by atoms with Crippen molar-refractivity contribution in [2.75, 3.05) is 16.0 Å². The third-order valence-electron chi connectivity index (χ3n) is 4.89. The normalized spacial score (nSPS) is 14.7. The summed E-state index contributed by atoms with van der Waals surface area (Å²) in [6.07, 6.45) is -3.10. The highest BCUT2D eigenvalue weighted by atomic mass is 32.2. The monoisotopic (exact) mass is 511 g/mol. The highest BCUT2D eigenvalue weighted by Crippen LogP contribution is 2.30. The van der Waals surface area contributed by atoms with Gasteiger partial charge in [0.05, 0.1) is 11.4 Å². The van der Waals surface area contributed by atoms with Gasteiger partial charge in [-0.25, -0.2) is 4.99 Å². The summed E-state index contributed by atoms with van der Waals surface area (Å²) in [5.41, 5.74) is 3.04. The molecule has 1 aliphatic heterocycles. The van der Waals surface area contributed by atoms with Crippen LogP contribution in [0.15, 0.2) is 89.6 Å². The van der Waals surface area contributed by atoms with Crippen molar-refractivity contribution in [1.29, 1.82) is 0 Å². The molecule has 1 heterocycles. The lowest BCUT2D eigenvalue weighted by molar-refractivity contribution is -0.274. The summed E-state index contributed by atoms with van der Waals surface area (Å²) in [4.78, 5) is 31.6. The predicted molar refractivity (Wildman–Crippen MR) is 135 cm³/mol. The zero-order chi connectivity index (χ0) is 25.7. The maximum atomic E-state index is 13.2. The Morgan fingerprint density at radius 2 is 1.78 bits per heavy atom. The minimum absolute atomic E-state index is 0.0754. The molecule has 36 heavy (non-hydrogen) atoms. The molecule has 0 saturated heterocycles. The first kappa shape index (κ1) is 25.1. The third kappa shape index (κ3) is 6.54. The Labute approximate surface area is 209 Å². The number of carbonyl (C=O) groups excluding carboxylic acids is 2. The number of aryl methyl sites for hydroxylation is 1. The van der Waals surface area contributed by atoms with Gasteiger partial charge >= 0.3 is 6.36 Å². The van der Waals surface area contributed by atoms with Gasteiger partial charge in [-0.15, -0.1) is 13.2 Å². The van der Waals surface area contributed by atoms with Gasteiger partial charge in [0.25, 0.3) is 5.91 Å². The number of benzene rings is 3. The first-order chi connectivity index (χ1) is 17.2. The summed E-state index contributed by atoms with van der Waals surface area (Å²) < 4.78 is 40.8. The largest absolute Gasteiger partial charge is 0.573 e. The molecule has 0 radical (unpaired) electrons. The minimum atomic E-state index is -4.79. The van der Waals surface area contributed by atoms with Crippen LogP contribution in [0, 0.1) is 6.92 Å². The van der Waals surface area contributed by atoms with E-state index in [-0.39, 0.29) is 23.1 Å². The van der Waals surface area contributed by atoms with Crippen molar-refractivity contribution in [3.8, 4) is 5.75 Å². The number of amidine groups is 1. The Morgan fingerprint density at radius 3 is 2.44 bits per heavy atom. The number of hydrogen-bond acceptors (Lipinski definition) is 5. The Hall–Kier alpha value is -4.05. The number of ether oxygens (including phenoxy) is 1. The number of para-hydroxylation sites is 1. The number of anilines is 2. The van der Waals surface area contributed by atoms with Gasteiger partial charge in [-0.3, -0.25) is 14.5 Å². The number of nitrogens with zero attached hydrogens (tertiary/aromatic N) is 2. The first-order valence-corrected chi connectivity index (χ1v) is 11.7. The molecule has 0 spiro atoms. The maximum absolute atomic E-state index is 13.2. The summed E-state index contributed by atoms with van der Waals surface area (Å²) in [6, 6.07) is 21.4. The number of aliphatic imine (C=N–C) groups is 1. The second kappa shape index (κ2) is 10.7. The zero-order valence-corrected chi connectivity index (χ0v) is 19.8. The lowest BCUT2D eigenvalue weighted by atomic mass is 10.1. The van der Waals surface area contributed by atoms with E-state index in [0.717, 1.165) is 35.0 Å². The van der Waals surface area contributed by atoms with Crippen molar-refractivity contribution < 1.29 is 27.5 Å². The van der Waals surface area contributed by atoms with Crippen LogP contribution in [0.2, 0.25) is 0 Å². The minimum Gasteiger partial charge on any atom is -0.406 e. The van der Waals surface area contributed by atoms with E-state index < -0.39 is 12.3 Å². The average molecular weight is 512 g/mol. The summed E-state index contributed by atoms with van der Waals surface area (Å²) in [6.45, 7) is 1.95. The summed E-state index contributed by atoms with van der Waals surface area (Å²) in [5, 5.41) is 2.95. The number of thioether (sulfide) groups is 1. The van der Waals surface area contributed by atoms with Crippen LogP contribution >= 0.6 is 11.8 Å². The van der Waals surface area contributed by atoms with Crippen LogP contribution in [0.4, 0.5) is 24.5 Å². The quantitative estimate of drug-likeness (QED) is 0.412.